The Bertz CT molecular complexity index is 419. The fourth-order valence-electron chi connectivity index (χ4n) is 1.75. The minimum atomic E-state index is -0.374. The summed E-state index contributed by atoms with van der Waals surface area (Å²) in [5.41, 5.74) is 0.441. The summed E-state index contributed by atoms with van der Waals surface area (Å²) in [6.07, 6.45) is 2.14. The standard InChI is InChI=1S/C12H13BrFNO2/c13-10-6-8(3-4-11(10)14)12(16)15-7-9-2-1-5-17-9/h3-4,6,9H,1-2,5,7H2,(H,15,16). The second-order valence-electron chi connectivity index (χ2n) is 3.97. The molecule has 5 heteroatoms. The van der Waals surface area contributed by atoms with Gasteiger partial charge in [0.1, 0.15) is 5.82 Å². The lowest BCUT2D eigenvalue weighted by molar-refractivity contribution is 0.0857. The van der Waals surface area contributed by atoms with Crippen LogP contribution in [0.1, 0.15) is 23.2 Å². The first-order valence-electron chi connectivity index (χ1n) is 5.51. The maximum absolute atomic E-state index is 13.0. The predicted octanol–water partition coefficient (Wildman–Crippen LogP) is 2.50. The molecule has 2 rings (SSSR count). The van der Waals surface area contributed by atoms with Gasteiger partial charge in [-0.15, -0.1) is 0 Å². The SMILES string of the molecule is O=C(NCC1CCCO1)c1ccc(F)c(Br)c1. The number of carbonyl (C=O) groups excluding carboxylic acids is 1. The molecule has 1 unspecified atom stereocenters. The molecule has 0 spiro atoms. The third-order valence-corrected chi connectivity index (χ3v) is 3.30. The molecule has 1 aromatic carbocycles. The summed E-state index contributed by atoms with van der Waals surface area (Å²) >= 11 is 3.05. The fourth-order valence-corrected chi connectivity index (χ4v) is 2.13. The molecule has 1 amide bonds. The molecule has 1 heterocycles. The number of carbonyl (C=O) groups is 1. The van der Waals surface area contributed by atoms with E-state index < -0.39 is 0 Å². The van der Waals surface area contributed by atoms with Crippen LogP contribution in [0.25, 0.3) is 0 Å². The van der Waals surface area contributed by atoms with E-state index in [2.05, 4.69) is 21.2 Å². The van der Waals surface area contributed by atoms with Gasteiger partial charge in [0.05, 0.1) is 10.6 Å². The van der Waals surface area contributed by atoms with Crippen LogP contribution in [0, 0.1) is 5.82 Å². The summed E-state index contributed by atoms with van der Waals surface area (Å²) < 4.78 is 18.7. The van der Waals surface area contributed by atoms with Crippen LogP contribution >= 0.6 is 15.9 Å². The molecule has 1 atom stereocenters. The lowest BCUT2D eigenvalue weighted by Crippen LogP contribution is -2.31. The Hall–Kier alpha value is -0.940. The highest BCUT2D eigenvalue weighted by atomic mass is 79.9. The van der Waals surface area contributed by atoms with Gasteiger partial charge in [0.25, 0.3) is 5.91 Å². The molecule has 1 aromatic rings. The fraction of sp³-hybridized carbons (Fsp3) is 0.417. The lowest BCUT2D eigenvalue weighted by atomic mass is 10.2. The van der Waals surface area contributed by atoms with E-state index in [9.17, 15) is 9.18 Å². The molecule has 1 N–H and O–H groups in total. The third-order valence-electron chi connectivity index (χ3n) is 2.70. The lowest BCUT2D eigenvalue weighted by Gasteiger charge is -2.10. The van der Waals surface area contributed by atoms with E-state index in [0.29, 0.717) is 16.6 Å². The molecule has 0 saturated carbocycles. The van der Waals surface area contributed by atoms with Crippen LogP contribution in [0.3, 0.4) is 0 Å². The van der Waals surface area contributed by atoms with Crippen molar-refractivity contribution in [2.75, 3.05) is 13.2 Å². The van der Waals surface area contributed by atoms with Crippen molar-refractivity contribution in [3.63, 3.8) is 0 Å². The van der Waals surface area contributed by atoms with E-state index in [1.807, 2.05) is 0 Å². The van der Waals surface area contributed by atoms with Crippen molar-refractivity contribution >= 4 is 21.8 Å². The van der Waals surface area contributed by atoms with Gasteiger partial charge in [-0.2, -0.15) is 0 Å². The van der Waals surface area contributed by atoms with Gasteiger partial charge in [-0.3, -0.25) is 4.79 Å². The Balaban J connectivity index is 1.92. The Morgan fingerprint density at radius 1 is 1.59 bits per heavy atom. The smallest absolute Gasteiger partial charge is 0.251 e. The monoisotopic (exact) mass is 301 g/mol. The zero-order valence-corrected chi connectivity index (χ0v) is 10.8. The van der Waals surface area contributed by atoms with Crippen molar-refractivity contribution in [3.8, 4) is 0 Å². The normalized spacial score (nSPS) is 19.3. The highest BCUT2D eigenvalue weighted by Crippen LogP contribution is 2.17. The van der Waals surface area contributed by atoms with E-state index >= 15 is 0 Å². The van der Waals surface area contributed by atoms with Gasteiger partial charge in [0, 0.05) is 18.7 Å². The van der Waals surface area contributed by atoms with E-state index in [-0.39, 0.29) is 17.8 Å². The molecule has 1 saturated heterocycles. The van der Waals surface area contributed by atoms with Crippen LogP contribution in [0.15, 0.2) is 22.7 Å². The molecule has 0 radical (unpaired) electrons. The Labute approximate surface area is 107 Å². The highest BCUT2D eigenvalue weighted by molar-refractivity contribution is 9.10. The van der Waals surface area contributed by atoms with Gasteiger partial charge in [0.2, 0.25) is 0 Å². The largest absolute Gasteiger partial charge is 0.376 e. The molecule has 1 fully saturated rings. The van der Waals surface area contributed by atoms with Gasteiger partial charge in [-0.05, 0) is 47.0 Å². The summed E-state index contributed by atoms with van der Waals surface area (Å²) in [5.74, 6) is -0.582. The van der Waals surface area contributed by atoms with E-state index in [1.54, 1.807) is 0 Å². The summed E-state index contributed by atoms with van der Waals surface area (Å²) in [5, 5.41) is 2.78. The van der Waals surface area contributed by atoms with Crippen LogP contribution in [-0.4, -0.2) is 25.2 Å². The van der Waals surface area contributed by atoms with Crippen molar-refractivity contribution in [1.29, 1.82) is 0 Å². The van der Waals surface area contributed by atoms with Crippen LogP contribution in [0.5, 0.6) is 0 Å². The Morgan fingerprint density at radius 3 is 3.06 bits per heavy atom. The number of nitrogens with one attached hydrogen (secondary N) is 1. The van der Waals surface area contributed by atoms with E-state index in [1.165, 1.54) is 18.2 Å². The Kier molecular flexibility index (Phi) is 4.12. The van der Waals surface area contributed by atoms with Crippen LogP contribution in [-0.2, 0) is 4.74 Å². The average molecular weight is 302 g/mol. The summed E-state index contributed by atoms with van der Waals surface area (Å²) in [6, 6.07) is 4.20. The third kappa shape index (κ3) is 3.26. The molecule has 0 aliphatic carbocycles. The van der Waals surface area contributed by atoms with E-state index in [4.69, 9.17) is 4.74 Å². The van der Waals surface area contributed by atoms with Crippen molar-refractivity contribution in [2.45, 2.75) is 18.9 Å². The molecule has 0 aromatic heterocycles. The first kappa shape index (κ1) is 12.5. The molecule has 1 aliphatic heterocycles. The topological polar surface area (TPSA) is 38.3 Å². The zero-order chi connectivity index (χ0) is 12.3. The Morgan fingerprint density at radius 2 is 2.41 bits per heavy atom. The number of hydrogen-bond donors (Lipinski definition) is 1. The number of halogens is 2. The van der Waals surface area contributed by atoms with Crippen LogP contribution in [0.4, 0.5) is 4.39 Å². The van der Waals surface area contributed by atoms with Crippen LogP contribution < -0.4 is 5.32 Å². The molecular formula is C12H13BrFNO2. The van der Waals surface area contributed by atoms with Gasteiger partial charge in [-0.1, -0.05) is 0 Å². The summed E-state index contributed by atoms with van der Waals surface area (Å²) in [7, 11) is 0. The predicted molar refractivity (Wildman–Crippen MR) is 65.4 cm³/mol. The maximum atomic E-state index is 13.0. The van der Waals surface area contributed by atoms with E-state index in [0.717, 1.165) is 19.4 Å². The van der Waals surface area contributed by atoms with Crippen molar-refractivity contribution in [2.24, 2.45) is 0 Å². The highest BCUT2D eigenvalue weighted by Gasteiger charge is 2.16. The van der Waals surface area contributed by atoms with Gasteiger partial charge >= 0.3 is 0 Å². The molecular weight excluding hydrogens is 289 g/mol. The molecule has 92 valence electrons. The number of rotatable bonds is 3. The zero-order valence-electron chi connectivity index (χ0n) is 9.21. The van der Waals surface area contributed by atoms with Gasteiger partial charge in [-0.25, -0.2) is 4.39 Å². The molecule has 1 aliphatic rings. The maximum Gasteiger partial charge on any atom is 0.251 e. The second kappa shape index (κ2) is 5.60. The number of amides is 1. The van der Waals surface area contributed by atoms with Crippen molar-refractivity contribution < 1.29 is 13.9 Å². The van der Waals surface area contributed by atoms with Crippen molar-refractivity contribution in [1.82, 2.24) is 5.32 Å². The number of hydrogen-bond acceptors (Lipinski definition) is 2. The number of ether oxygens (including phenoxy) is 1. The molecule has 17 heavy (non-hydrogen) atoms. The quantitative estimate of drug-likeness (QED) is 0.931. The first-order valence-corrected chi connectivity index (χ1v) is 6.31. The minimum absolute atomic E-state index is 0.114. The van der Waals surface area contributed by atoms with Crippen LogP contribution in [0.2, 0.25) is 0 Å². The molecule has 3 nitrogen and oxygen atoms in total. The van der Waals surface area contributed by atoms with Crippen molar-refractivity contribution in [3.05, 3.63) is 34.1 Å². The van der Waals surface area contributed by atoms with Gasteiger partial charge < -0.3 is 10.1 Å². The summed E-state index contributed by atoms with van der Waals surface area (Å²) in [4.78, 5) is 11.8. The first-order chi connectivity index (χ1) is 8.16. The minimum Gasteiger partial charge on any atom is -0.376 e. The van der Waals surface area contributed by atoms with Gasteiger partial charge in [0.15, 0.2) is 0 Å². The summed E-state index contributed by atoms with van der Waals surface area (Å²) in [6.45, 7) is 1.27. The average Bonchev–Trinajstić information content (AvgIpc) is 2.82. The second-order valence-corrected chi connectivity index (χ2v) is 4.83. The number of benzene rings is 1. The molecule has 0 bridgehead atoms.